The van der Waals surface area contributed by atoms with E-state index < -0.39 is 12.3 Å². The minimum absolute atomic E-state index is 0.0310. The number of hydrogen-bond acceptors (Lipinski definition) is 5. The van der Waals surface area contributed by atoms with E-state index >= 15 is 0 Å². The van der Waals surface area contributed by atoms with Crippen LogP contribution in [0, 0.1) is 11.3 Å². The van der Waals surface area contributed by atoms with Gasteiger partial charge in [-0.2, -0.15) is 8.78 Å². The van der Waals surface area contributed by atoms with E-state index in [-0.39, 0.29) is 29.8 Å². The highest BCUT2D eigenvalue weighted by atomic mass is 19.3. The van der Waals surface area contributed by atoms with Crippen LogP contribution in [0.3, 0.4) is 0 Å². The Morgan fingerprint density at radius 1 is 1.21 bits per heavy atom. The summed E-state index contributed by atoms with van der Waals surface area (Å²) in [7, 11) is 0. The first-order valence-electron chi connectivity index (χ1n) is 12.3. The normalized spacial score (nSPS) is 27.1. The first-order valence-corrected chi connectivity index (χ1v) is 12.3. The average Bonchev–Trinajstić information content (AvgIpc) is 3.16. The summed E-state index contributed by atoms with van der Waals surface area (Å²) in [6, 6.07) is 5.08. The number of nitrogens with one attached hydrogen (secondary N) is 1. The highest BCUT2D eigenvalue weighted by Crippen LogP contribution is 2.66. The van der Waals surface area contributed by atoms with Crippen molar-refractivity contribution in [2.24, 2.45) is 11.3 Å². The van der Waals surface area contributed by atoms with Gasteiger partial charge in [-0.3, -0.25) is 9.59 Å². The molecule has 1 aliphatic heterocycles. The molecule has 6 rings (SSSR count). The Morgan fingerprint density at radius 3 is 2.74 bits per heavy atom. The molecular formula is C25H28F2N4O3. The van der Waals surface area contributed by atoms with Crippen molar-refractivity contribution in [3.63, 3.8) is 0 Å². The van der Waals surface area contributed by atoms with Gasteiger partial charge < -0.3 is 14.6 Å². The van der Waals surface area contributed by atoms with E-state index in [9.17, 15) is 18.4 Å². The Kier molecular flexibility index (Phi) is 5.18. The molecule has 2 aromatic rings. The zero-order valence-corrected chi connectivity index (χ0v) is 18.9. The fourth-order valence-corrected chi connectivity index (χ4v) is 6.27. The van der Waals surface area contributed by atoms with Crippen LogP contribution in [0.15, 0.2) is 22.6 Å². The Hall–Kier alpha value is -2.84. The number of nitrogens with zero attached hydrogens (tertiary/aromatic N) is 3. The molecule has 1 aromatic heterocycles. The summed E-state index contributed by atoms with van der Waals surface area (Å²) in [5.41, 5.74) is 2.32. The monoisotopic (exact) mass is 470 g/mol. The molecule has 0 bridgehead atoms. The maximum Gasteiger partial charge on any atom is 0.314 e. The van der Waals surface area contributed by atoms with Crippen LogP contribution in [0.1, 0.15) is 86.0 Å². The number of fused-ring (bicyclic) bond motifs is 1. The summed E-state index contributed by atoms with van der Waals surface area (Å²) in [6.07, 6.45) is 6.57. The number of benzene rings is 1. The smallest absolute Gasteiger partial charge is 0.314 e. The van der Waals surface area contributed by atoms with Gasteiger partial charge in [0, 0.05) is 30.1 Å². The van der Waals surface area contributed by atoms with Gasteiger partial charge in [-0.15, -0.1) is 10.2 Å². The molecule has 1 aromatic carbocycles. The average molecular weight is 471 g/mol. The minimum Gasteiger partial charge on any atom is -0.415 e. The van der Waals surface area contributed by atoms with Gasteiger partial charge in [-0.1, -0.05) is 25.3 Å². The number of carbonyl (C=O) groups is 2. The third-order valence-corrected chi connectivity index (χ3v) is 8.43. The van der Waals surface area contributed by atoms with E-state index in [2.05, 4.69) is 15.5 Å². The van der Waals surface area contributed by atoms with E-state index in [1.165, 1.54) is 25.7 Å². The molecule has 7 nitrogen and oxygen atoms in total. The summed E-state index contributed by atoms with van der Waals surface area (Å²) in [6.45, 7) is 0.476. The van der Waals surface area contributed by atoms with E-state index in [4.69, 9.17) is 4.42 Å². The molecule has 2 heterocycles. The summed E-state index contributed by atoms with van der Waals surface area (Å²) in [5.74, 6) is -0.222. The molecule has 1 unspecified atom stereocenters. The molecule has 0 saturated heterocycles. The number of carbonyl (C=O) groups excluding carboxylic acids is 2. The summed E-state index contributed by atoms with van der Waals surface area (Å²) in [4.78, 5) is 28.0. The lowest BCUT2D eigenvalue weighted by Crippen LogP contribution is -2.53. The Bertz CT molecular complexity index is 1130. The van der Waals surface area contributed by atoms with Crippen molar-refractivity contribution in [3.05, 3.63) is 35.2 Å². The van der Waals surface area contributed by atoms with Crippen LogP contribution in [0.2, 0.25) is 0 Å². The standard InChI is InChI=1S/C25H28F2N4O3/c26-21(27)23-30-29-22(34-23)14-6-7-15-13-31(24(33)17(15)10-14)19-5-2-1-4-18(19)28-20(32)11-16-12-25(16)8-3-9-25/h6-7,10,16,18-19,21H,1-5,8-9,11-13H2,(H,28,32)/t16?,18-,19-/m1/s1. The number of rotatable bonds is 6. The maximum absolute atomic E-state index is 13.4. The Morgan fingerprint density at radius 2 is 2.03 bits per heavy atom. The Labute approximate surface area is 196 Å². The van der Waals surface area contributed by atoms with Gasteiger partial charge in [-0.05, 0) is 61.1 Å². The van der Waals surface area contributed by atoms with Crippen LogP contribution >= 0.6 is 0 Å². The summed E-state index contributed by atoms with van der Waals surface area (Å²) < 4.78 is 30.7. The second kappa shape index (κ2) is 8.13. The molecule has 3 saturated carbocycles. The molecule has 3 aliphatic carbocycles. The molecule has 4 aliphatic rings. The molecule has 34 heavy (non-hydrogen) atoms. The topological polar surface area (TPSA) is 88.3 Å². The Balaban J connectivity index is 1.15. The zero-order chi connectivity index (χ0) is 23.4. The van der Waals surface area contributed by atoms with Gasteiger partial charge in [0.2, 0.25) is 11.8 Å². The van der Waals surface area contributed by atoms with Crippen LogP contribution < -0.4 is 5.32 Å². The molecule has 2 amide bonds. The van der Waals surface area contributed by atoms with Crippen molar-refractivity contribution in [2.75, 3.05) is 0 Å². The fourth-order valence-electron chi connectivity index (χ4n) is 6.27. The van der Waals surface area contributed by atoms with Crippen molar-refractivity contribution >= 4 is 11.8 Å². The van der Waals surface area contributed by atoms with Gasteiger partial charge in [-0.25, -0.2) is 0 Å². The second-order valence-electron chi connectivity index (χ2n) is 10.4. The van der Waals surface area contributed by atoms with Crippen LogP contribution in [-0.2, 0) is 11.3 Å². The highest BCUT2D eigenvalue weighted by Gasteiger charge is 2.57. The largest absolute Gasteiger partial charge is 0.415 e. The van der Waals surface area contributed by atoms with Gasteiger partial charge in [0.1, 0.15) is 0 Å². The van der Waals surface area contributed by atoms with Crippen LogP contribution in [0.25, 0.3) is 11.5 Å². The van der Waals surface area contributed by atoms with E-state index in [0.717, 1.165) is 31.2 Å². The molecule has 9 heteroatoms. The molecule has 1 N–H and O–H groups in total. The number of amides is 2. The van der Waals surface area contributed by atoms with Crippen molar-refractivity contribution in [1.29, 1.82) is 0 Å². The maximum atomic E-state index is 13.4. The van der Waals surface area contributed by atoms with Crippen LogP contribution in [0.5, 0.6) is 0 Å². The third kappa shape index (κ3) is 3.69. The van der Waals surface area contributed by atoms with Gasteiger partial charge in [0.05, 0.1) is 6.04 Å². The third-order valence-electron chi connectivity index (χ3n) is 8.43. The quantitative estimate of drug-likeness (QED) is 0.665. The predicted octanol–water partition coefficient (Wildman–Crippen LogP) is 4.64. The second-order valence-corrected chi connectivity index (χ2v) is 10.4. The SMILES string of the molecule is O=C(CC1CC12CCC2)N[C@@H]1CCCC[C@H]1N1Cc2ccc(-c3nnc(C(F)F)o3)cc2C1=O. The molecule has 3 atom stereocenters. The van der Waals surface area contributed by atoms with Gasteiger partial charge in [0.25, 0.3) is 11.8 Å². The summed E-state index contributed by atoms with van der Waals surface area (Å²) in [5, 5.41) is 10.3. The van der Waals surface area contributed by atoms with Crippen molar-refractivity contribution in [1.82, 2.24) is 20.4 Å². The number of hydrogen-bond donors (Lipinski definition) is 1. The van der Waals surface area contributed by atoms with Crippen molar-refractivity contribution in [2.45, 2.75) is 82.8 Å². The number of aromatic nitrogens is 2. The lowest BCUT2D eigenvalue weighted by molar-refractivity contribution is -0.123. The zero-order valence-electron chi connectivity index (χ0n) is 18.9. The van der Waals surface area contributed by atoms with E-state index in [1.807, 2.05) is 11.0 Å². The lowest BCUT2D eigenvalue weighted by atomic mass is 9.79. The highest BCUT2D eigenvalue weighted by molar-refractivity contribution is 5.99. The van der Waals surface area contributed by atoms with Crippen LogP contribution in [0.4, 0.5) is 8.78 Å². The number of halogens is 2. The molecule has 3 fully saturated rings. The first-order chi connectivity index (χ1) is 16.4. The fraction of sp³-hybridized carbons (Fsp3) is 0.600. The van der Waals surface area contributed by atoms with Crippen LogP contribution in [-0.4, -0.2) is 39.0 Å². The molecule has 0 radical (unpaired) electrons. The van der Waals surface area contributed by atoms with Gasteiger partial charge >= 0.3 is 6.43 Å². The number of alkyl halides is 2. The van der Waals surface area contributed by atoms with E-state index in [1.54, 1.807) is 12.1 Å². The lowest BCUT2D eigenvalue weighted by Gasteiger charge is -2.38. The first kappa shape index (κ1) is 21.7. The van der Waals surface area contributed by atoms with Crippen molar-refractivity contribution in [3.8, 4) is 11.5 Å². The van der Waals surface area contributed by atoms with Crippen molar-refractivity contribution < 1.29 is 22.8 Å². The van der Waals surface area contributed by atoms with E-state index in [0.29, 0.717) is 35.4 Å². The molecule has 180 valence electrons. The van der Waals surface area contributed by atoms with Gasteiger partial charge in [0.15, 0.2) is 0 Å². The molecular weight excluding hydrogens is 442 g/mol. The predicted molar refractivity (Wildman–Crippen MR) is 118 cm³/mol. The minimum atomic E-state index is -2.84. The summed E-state index contributed by atoms with van der Waals surface area (Å²) >= 11 is 0. The molecule has 1 spiro atoms.